The summed E-state index contributed by atoms with van der Waals surface area (Å²) in [6.45, 7) is 1.02. The molecule has 3 rings (SSSR count). The molecule has 24 heavy (non-hydrogen) atoms. The molecular weight excluding hydrogens is 314 g/mol. The highest BCUT2D eigenvalue weighted by atomic mass is 16.6. The smallest absolute Gasteiger partial charge is 0.410 e. The molecule has 1 atom stereocenters. The molecule has 0 bridgehead atoms. The quantitative estimate of drug-likeness (QED) is 0.841. The summed E-state index contributed by atoms with van der Waals surface area (Å²) in [5, 5.41) is 2.80. The lowest BCUT2D eigenvalue weighted by atomic mass is 10.2. The van der Waals surface area contributed by atoms with Gasteiger partial charge in [-0.3, -0.25) is 14.5 Å². The normalized spacial score (nSPS) is 20.3. The number of anilines is 1. The molecule has 3 amide bonds. The maximum atomic E-state index is 12.3. The number of amides is 3. The summed E-state index contributed by atoms with van der Waals surface area (Å²) in [6.07, 6.45) is -0.267. The zero-order valence-corrected chi connectivity index (χ0v) is 13.4. The Labute approximate surface area is 139 Å². The molecule has 0 radical (unpaired) electrons. The Balaban J connectivity index is 1.60. The molecule has 8 nitrogen and oxygen atoms in total. The molecule has 2 saturated heterocycles. The predicted octanol–water partition coefficient (Wildman–Crippen LogP) is 0.369. The van der Waals surface area contributed by atoms with E-state index in [2.05, 4.69) is 5.32 Å². The van der Waals surface area contributed by atoms with Crippen LogP contribution in [0.1, 0.15) is 6.42 Å². The summed E-state index contributed by atoms with van der Waals surface area (Å²) in [7, 11) is 1.55. The lowest BCUT2D eigenvalue weighted by Crippen LogP contribution is -2.43. The van der Waals surface area contributed by atoms with Gasteiger partial charge in [-0.2, -0.15) is 0 Å². The van der Waals surface area contributed by atoms with Crippen LogP contribution in [0.4, 0.5) is 10.5 Å². The molecule has 2 heterocycles. The monoisotopic (exact) mass is 333 g/mol. The van der Waals surface area contributed by atoms with Crippen molar-refractivity contribution in [2.75, 3.05) is 38.3 Å². The van der Waals surface area contributed by atoms with Gasteiger partial charge in [-0.15, -0.1) is 0 Å². The number of para-hydroxylation sites is 2. The molecule has 8 heteroatoms. The van der Waals surface area contributed by atoms with Crippen LogP contribution in [0.3, 0.4) is 0 Å². The summed E-state index contributed by atoms with van der Waals surface area (Å²) >= 11 is 0. The van der Waals surface area contributed by atoms with E-state index >= 15 is 0 Å². The SMILES string of the molecule is COc1ccccc1N1C[C@H](NC(=O)CN2CCOC2=O)CC1=O. The van der Waals surface area contributed by atoms with Gasteiger partial charge in [0.25, 0.3) is 0 Å². The largest absolute Gasteiger partial charge is 0.495 e. The number of rotatable bonds is 5. The van der Waals surface area contributed by atoms with Gasteiger partial charge in [-0.25, -0.2) is 4.79 Å². The Kier molecular flexibility index (Phi) is 4.54. The van der Waals surface area contributed by atoms with Crippen LogP contribution in [0.5, 0.6) is 5.75 Å². The average Bonchev–Trinajstić information content (AvgIpc) is 3.13. The first-order chi connectivity index (χ1) is 11.6. The molecule has 1 aromatic carbocycles. The van der Waals surface area contributed by atoms with Crippen molar-refractivity contribution < 1.29 is 23.9 Å². The van der Waals surface area contributed by atoms with Crippen molar-refractivity contribution in [3.63, 3.8) is 0 Å². The van der Waals surface area contributed by atoms with E-state index < -0.39 is 6.09 Å². The summed E-state index contributed by atoms with van der Waals surface area (Å²) in [5.41, 5.74) is 0.685. The first-order valence-electron chi connectivity index (χ1n) is 7.73. The van der Waals surface area contributed by atoms with E-state index in [0.29, 0.717) is 31.1 Å². The number of carbonyl (C=O) groups excluding carboxylic acids is 3. The minimum absolute atomic E-state index is 0.0574. The molecule has 2 aliphatic rings. The molecule has 0 aliphatic carbocycles. The number of ether oxygens (including phenoxy) is 2. The number of cyclic esters (lactones) is 1. The van der Waals surface area contributed by atoms with Gasteiger partial charge < -0.3 is 19.7 Å². The Morgan fingerprint density at radius 2 is 2.17 bits per heavy atom. The zero-order valence-electron chi connectivity index (χ0n) is 13.4. The van der Waals surface area contributed by atoms with Gasteiger partial charge in [0.05, 0.1) is 25.4 Å². The maximum Gasteiger partial charge on any atom is 0.410 e. The first kappa shape index (κ1) is 16.1. The van der Waals surface area contributed by atoms with Crippen LogP contribution in [0.25, 0.3) is 0 Å². The highest BCUT2D eigenvalue weighted by Gasteiger charge is 2.33. The fourth-order valence-electron chi connectivity index (χ4n) is 2.91. The summed E-state index contributed by atoms with van der Waals surface area (Å²) in [5.74, 6) is 0.233. The van der Waals surface area contributed by atoms with Crippen molar-refractivity contribution in [1.82, 2.24) is 10.2 Å². The lowest BCUT2D eigenvalue weighted by molar-refractivity contribution is -0.122. The van der Waals surface area contributed by atoms with E-state index in [9.17, 15) is 14.4 Å². The highest BCUT2D eigenvalue weighted by molar-refractivity contribution is 5.98. The third-order valence-corrected chi connectivity index (χ3v) is 4.05. The van der Waals surface area contributed by atoms with Crippen LogP contribution in [-0.2, 0) is 14.3 Å². The second-order valence-corrected chi connectivity index (χ2v) is 5.68. The third-order valence-electron chi connectivity index (χ3n) is 4.05. The standard InChI is InChI=1S/C16H19N3O5/c1-23-13-5-3-2-4-12(13)19-9-11(8-15(19)21)17-14(20)10-18-6-7-24-16(18)22/h2-5,11H,6-10H2,1H3,(H,17,20)/t11-/m1/s1. The van der Waals surface area contributed by atoms with Crippen molar-refractivity contribution in [3.8, 4) is 5.75 Å². The topological polar surface area (TPSA) is 88.2 Å². The molecule has 1 aromatic rings. The zero-order chi connectivity index (χ0) is 17.1. The Hall–Kier alpha value is -2.77. The molecule has 0 aromatic heterocycles. The van der Waals surface area contributed by atoms with E-state index in [1.807, 2.05) is 12.1 Å². The third kappa shape index (κ3) is 3.27. The Morgan fingerprint density at radius 1 is 1.38 bits per heavy atom. The first-order valence-corrected chi connectivity index (χ1v) is 7.73. The van der Waals surface area contributed by atoms with Gasteiger partial charge in [0.2, 0.25) is 11.8 Å². The number of hydrogen-bond acceptors (Lipinski definition) is 5. The maximum absolute atomic E-state index is 12.3. The molecule has 2 fully saturated rings. The average molecular weight is 333 g/mol. The van der Waals surface area contributed by atoms with E-state index in [1.54, 1.807) is 24.1 Å². The number of benzene rings is 1. The fourth-order valence-corrected chi connectivity index (χ4v) is 2.91. The summed E-state index contributed by atoms with van der Waals surface area (Å²) in [6, 6.07) is 6.95. The molecule has 128 valence electrons. The second-order valence-electron chi connectivity index (χ2n) is 5.68. The minimum atomic E-state index is -0.483. The van der Waals surface area contributed by atoms with E-state index in [-0.39, 0.29) is 30.8 Å². The van der Waals surface area contributed by atoms with Gasteiger partial charge in [0.15, 0.2) is 0 Å². The number of methoxy groups -OCH3 is 1. The van der Waals surface area contributed by atoms with Crippen molar-refractivity contribution in [3.05, 3.63) is 24.3 Å². The highest BCUT2D eigenvalue weighted by Crippen LogP contribution is 2.30. The van der Waals surface area contributed by atoms with E-state index in [0.717, 1.165) is 0 Å². The van der Waals surface area contributed by atoms with Crippen LogP contribution >= 0.6 is 0 Å². The van der Waals surface area contributed by atoms with E-state index in [1.165, 1.54) is 4.90 Å². The van der Waals surface area contributed by atoms with Crippen LogP contribution in [0.15, 0.2) is 24.3 Å². The van der Waals surface area contributed by atoms with Gasteiger partial charge in [0, 0.05) is 13.0 Å². The molecular formula is C16H19N3O5. The minimum Gasteiger partial charge on any atom is -0.495 e. The van der Waals surface area contributed by atoms with Crippen molar-refractivity contribution in [2.24, 2.45) is 0 Å². The van der Waals surface area contributed by atoms with Crippen LogP contribution in [0, 0.1) is 0 Å². The molecule has 0 spiro atoms. The van der Waals surface area contributed by atoms with Gasteiger partial charge >= 0.3 is 6.09 Å². The number of nitrogens with zero attached hydrogens (tertiary/aromatic N) is 2. The summed E-state index contributed by atoms with van der Waals surface area (Å²) < 4.78 is 10.1. The van der Waals surface area contributed by atoms with Crippen molar-refractivity contribution >= 4 is 23.6 Å². The number of nitrogens with one attached hydrogen (secondary N) is 1. The van der Waals surface area contributed by atoms with Crippen molar-refractivity contribution in [1.29, 1.82) is 0 Å². The molecule has 2 aliphatic heterocycles. The summed E-state index contributed by atoms with van der Waals surface area (Å²) in [4.78, 5) is 38.6. The van der Waals surface area contributed by atoms with Crippen molar-refractivity contribution in [2.45, 2.75) is 12.5 Å². The van der Waals surface area contributed by atoms with Gasteiger partial charge in [0.1, 0.15) is 18.9 Å². The van der Waals surface area contributed by atoms with Crippen LogP contribution in [-0.4, -0.2) is 62.2 Å². The predicted molar refractivity (Wildman–Crippen MR) is 84.8 cm³/mol. The Bertz CT molecular complexity index is 663. The van der Waals surface area contributed by atoms with Gasteiger partial charge in [-0.05, 0) is 12.1 Å². The second kappa shape index (κ2) is 6.77. The van der Waals surface area contributed by atoms with Crippen LogP contribution in [0.2, 0.25) is 0 Å². The Morgan fingerprint density at radius 3 is 2.88 bits per heavy atom. The van der Waals surface area contributed by atoms with Gasteiger partial charge in [-0.1, -0.05) is 12.1 Å². The molecule has 1 N–H and O–H groups in total. The number of carbonyl (C=O) groups is 3. The van der Waals surface area contributed by atoms with Crippen LogP contribution < -0.4 is 15.0 Å². The lowest BCUT2D eigenvalue weighted by Gasteiger charge is -2.20. The molecule has 0 unspecified atom stereocenters. The number of hydrogen-bond donors (Lipinski definition) is 1. The molecule has 0 saturated carbocycles. The fraction of sp³-hybridized carbons (Fsp3) is 0.438. The van der Waals surface area contributed by atoms with E-state index in [4.69, 9.17) is 9.47 Å².